The van der Waals surface area contributed by atoms with Crippen LogP contribution in [0, 0.1) is 24.2 Å². The normalized spacial score (nSPS) is 26.7. The molecule has 1 spiro atoms. The summed E-state index contributed by atoms with van der Waals surface area (Å²) in [4.78, 5) is 21.2. The van der Waals surface area contributed by atoms with Gasteiger partial charge in [-0.25, -0.2) is 0 Å². The van der Waals surface area contributed by atoms with Crippen molar-refractivity contribution < 1.29 is 9.53 Å². The molecule has 2 saturated carbocycles. The summed E-state index contributed by atoms with van der Waals surface area (Å²) in [5, 5.41) is 3.33. The zero-order valence-electron chi connectivity index (χ0n) is 23.3. The monoisotopic (exact) mass is 511 g/mol. The average Bonchev–Trinajstić information content (AvgIpc) is 3.21. The lowest BCUT2D eigenvalue weighted by molar-refractivity contribution is -0.135. The van der Waals surface area contributed by atoms with Gasteiger partial charge < -0.3 is 9.64 Å². The number of hydrogen-bond acceptors (Lipinski definition) is 4. The number of amides is 1. The molecule has 38 heavy (non-hydrogen) atoms. The molecule has 2 aliphatic heterocycles. The number of nitrogens with one attached hydrogen (secondary N) is 1. The van der Waals surface area contributed by atoms with E-state index < -0.39 is 0 Å². The smallest absolute Gasteiger partial charge is 0.240 e. The van der Waals surface area contributed by atoms with Crippen molar-refractivity contribution in [1.29, 1.82) is 0 Å². The minimum absolute atomic E-state index is 0.102. The van der Waals surface area contributed by atoms with E-state index in [0.717, 1.165) is 36.9 Å². The van der Waals surface area contributed by atoms with Gasteiger partial charge in [-0.3, -0.25) is 15.1 Å². The quantitative estimate of drug-likeness (QED) is 0.468. The van der Waals surface area contributed by atoms with Gasteiger partial charge in [0.25, 0.3) is 0 Å². The van der Waals surface area contributed by atoms with Gasteiger partial charge in [0, 0.05) is 25.8 Å². The first kappa shape index (κ1) is 24.5. The van der Waals surface area contributed by atoms with E-state index in [4.69, 9.17) is 9.73 Å². The van der Waals surface area contributed by atoms with Crippen LogP contribution in [0.25, 0.3) is 11.1 Å². The summed E-state index contributed by atoms with van der Waals surface area (Å²) in [5.41, 5.74) is 11.4. The Balaban J connectivity index is 1.15. The Hall–Kier alpha value is -2.50. The molecule has 0 bridgehead atoms. The van der Waals surface area contributed by atoms with Crippen LogP contribution in [0.15, 0.2) is 35.3 Å². The van der Waals surface area contributed by atoms with Crippen molar-refractivity contribution in [3.05, 3.63) is 52.6 Å². The Labute approximate surface area is 227 Å². The van der Waals surface area contributed by atoms with Crippen LogP contribution in [0.4, 0.5) is 5.69 Å². The van der Waals surface area contributed by atoms with Gasteiger partial charge in [-0.1, -0.05) is 32.0 Å². The lowest BCUT2D eigenvalue weighted by Crippen LogP contribution is -2.52. The molecule has 0 aromatic heterocycles. The van der Waals surface area contributed by atoms with Gasteiger partial charge in [-0.15, -0.1) is 0 Å². The molecule has 2 unspecified atom stereocenters. The highest BCUT2D eigenvalue weighted by Crippen LogP contribution is 2.56. The molecule has 2 aromatic carbocycles. The first-order valence-corrected chi connectivity index (χ1v) is 14.7. The minimum atomic E-state index is -0.235. The van der Waals surface area contributed by atoms with Crippen molar-refractivity contribution in [3.63, 3.8) is 0 Å². The van der Waals surface area contributed by atoms with Crippen LogP contribution in [0.2, 0.25) is 0 Å². The third-order valence-electron chi connectivity index (χ3n) is 10.4. The molecule has 7 rings (SSSR count). The zero-order valence-corrected chi connectivity index (χ0v) is 23.3. The standard InChI is InChI=1S/C33H41N3O2/c1-19(2)31(34-18-38-4)32(37)36-17-33(11-12-33)16-29(36)28-15-23-13-21(7-10-27(23)35-28)24-8-5-20(3)30-25-9-6-22(25)14-26(24)30/h5,7-8,10,13,19,22,25,29,31,34H,6,9,11-12,14-18H2,1-4H3/t22?,25?,29-,31-/m0/s1. The van der Waals surface area contributed by atoms with Gasteiger partial charge >= 0.3 is 0 Å². The number of nitrogens with zero attached hydrogens (tertiary/aromatic N) is 2. The van der Waals surface area contributed by atoms with E-state index in [9.17, 15) is 4.79 Å². The molecule has 1 saturated heterocycles. The molecule has 2 heterocycles. The predicted octanol–water partition coefficient (Wildman–Crippen LogP) is 5.94. The second kappa shape index (κ2) is 9.02. The number of fused-ring (bicyclic) bond motifs is 4. The summed E-state index contributed by atoms with van der Waals surface area (Å²) >= 11 is 0. The second-order valence-corrected chi connectivity index (χ2v) is 13.1. The molecular formula is C33H41N3O2. The molecule has 1 amide bonds. The van der Waals surface area contributed by atoms with Crippen molar-refractivity contribution in [2.75, 3.05) is 20.4 Å². The van der Waals surface area contributed by atoms with Crippen LogP contribution >= 0.6 is 0 Å². The van der Waals surface area contributed by atoms with E-state index in [1.807, 2.05) is 0 Å². The van der Waals surface area contributed by atoms with E-state index >= 15 is 0 Å². The number of ether oxygens (including phenoxy) is 1. The average molecular weight is 512 g/mol. The fraction of sp³-hybridized carbons (Fsp3) is 0.576. The fourth-order valence-corrected chi connectivity index (χ4v) is 7.91. The maximum Gasteiger partial charge on any atom is 0.240 e. The van der Waals surface area contributed by atoms with Crippen molar-refractivity contribution in [2.24, 2.45) is 22.2 Å². The minimum Gasteiger partial charge on any atom is -0.370 e. The largest absolute Gasteiger partial charge is 0.370 e. The van der Waals surface area contributed by atoms with Crippen molar-refractivity contribution >= 4 is 17.3 Å². The Kier molecular flexibility index (Phi) is 5.83. The lowest BCUT2D eigenvalue weighted by Gasteiger charge is -2.31. The second-order valence-electron chi connectivity index (χ2n) is 13.1. The highest BCUT2D eigenvalue weighted by atomic mass is 16.5. The van der Waals surface area contributed by atoms with Crippen molar-refractivity contribution in [2.45, 2.75) is 83.7 Å². The van der Waals surface area contributed by atoms with Gasteiger partial charge in [0.15, 0.2) is 0 Å². The molecule has 0 radical (unpaired) electrons. The van der Waals surface area contributed by atoms with E-state index in [2.05, 4.69) is 61.3 Å². The van der Waals surface area contributed by atoms with Crippen LogP contribution < -0.4 is 5.32 Å². The first-order valence-electron chi connectivity index (χ1n) is 14.7. The highest BCUT2D eigenvalue weighted by Gasteiger charge is 2.55. The summed E-state index contributed by atoms with van der Waals surface area (Å²) in [5.74, 6) is 2.06. The number of rotatable bonds is 7. The Bertz CT molecular complexity index is 1320. The van der Waals surface area contributed by atoms with Crippen LogP contribution in [0.5, 0.6) is 0 Å². The Morgan fingerprint density at radius 3 is 2.76 bits per heavy atom. The third kappa shape index (κ3) is 3.88. The highest BCUT2D eigenvalue weighted by molar-refractivity contribution is 6.01. The SMILES string of the molecule is COCN[C@H](C(=O)N1CC2(CC2)C[C@H]1C1=Nc2ccc(-c3ccc(C)c4c3CC3CCC43)cc2C1)C(C)C. The molecule has 3 aliphatic carbocycles. The van der Waals surface area contributed by atoms with Crippen molar-refractivity contribution in [1.82, 2.24) is 10.2 Å². The molecule has 5 heteroatoms. The van der Waals surface area contributed by atoms with E-state index in [0.29, 0.717) is 12.1 Å². The van der Waals surface area contributed by atoms with Gasteiger partial charge in [0.05, 0.1) is 24.5 Å². The maximum absolute atomic E-state index is 13.8. The first-order chi connectivity index (χ1) is 18.4. The summed E-state index contributed by atoms with van der Waals surface area (Å²) < 4.78 is 5.25. The molecule has 5 nitrogen and oxygen atoms in total. The number of aryl methyl sites for hydroxylation is 1. The van der Waals surface area contributed by atoms with Crippen LogP contribution in [0.1, 0.15) is 74.1 Å². The number of likely N-dealkylation sites (tertiary alicyclic amines) is 1. The molecule has 2 aromatic rings. The number of hydrogen-bond donors (Lipinski definition) is 1. The Morgan fingerprint density at radius 1 is 1.21 bits per heavy atom. The summed E-state index contributed by atoms with van der Waals surface area (Å²) in [6.07, 6.45) is 8.36. The number of carbonyl (C=O) groups excluding carboxylic acids is 1. The lowest BCUT2D eigenvalue weighted by atomic mass is 9.73. The van der Waals surface area contributed by atoms with Crippen LogP contribution in [0.3, 0.4) is 0 Å². The fourth-order valence-electron chi connectivity index (χ4n) is 7.91. The summed E-state index contributed by atoms with van der Waals surface area (Å²) in [6, 6.07) is 11.4. The van der Waals surface area contributed by atoms with E-state index in [-0.39, 0.29) is 23.9 Å². The number of carbonyl (C=O) groups is 1. The van der Waals surface area contributed by atoms with Gasteiger partial charge in [-0.05, 0) is 114 Å². The van der Waals surface area contributed by atoms with E-state index in [1.54, 1.807) is 18.2 Å². The molecule has 1 N–H and O–H groups in total. The topological polar surface area (TPSA) is 53.9 Å². The Morgan fingerprint density at radius 2 is 2.05 bits per heavy atom. The van der Waals surface area contributed by atoms with Gasteiger partial charge in [-0.2, -0.15) is 0 Å². The molecule has 5 aliphatic rings. The van der Waals surface area contributed by atoms with Crippen molar-refractivity contribution in [3.8, 4) is 11.1 Å². The third-order valence-corrected chi connectivity index (χ3v) is 10.4. The van der Waals surface area contributed by atoms with Gasteiger partial charge in [0.1, 0.15) is 0 Å². The number of aliphatic imine (C=N–C) groups is 1. The summed E-state index contributed by atoms with van der Waals surface area (Å²) in [6.45, 7) is 7.77. The predicted molar refractivity (Wildman–Crippen MR) is 152 cm³/mol. The van der Waals surface area contributed by atoms with Crippen LogP contribution in [-0.2, 0) is 22.4 Å². The number of methoxy groups -OCH3 is 1. The number of benzene rings is 2. The maximum atomic E-state index is 13.8. The molecule has 200 valence electrons. The zero-order chi connectivity index (χ0) is 26.2. The molecule has 4 atom stereocenters. The van der Waals surface area contributed by atoms with E-state index in [1.165, 1.54) is 60.1 Å². The van der Waals surface area contributed by atoms with Crippen LogP contribution in [-0.4, -0.2) is 49.0 Å². The summed E-state index contributed by atoms with van der Waals surface area (Å²) in [7, 11) is 1.67. The molecule has 3 fully saturated rings. The molecular weight excluding hydrogens is 470 g/mol. The van der Waals surface area contributed by atoms with Gasteiger partial charge in [0.2, 0.25) is 5.91 Å².